The van der Waals surface area contributed by atoms with E-state index in [1.165, 1.54) is 0 Å². The van der Waals surface area contributed by atoms with Gasteiger partial charge in [-0.15, -0.1) is 0 Å². The van der Waals surface area contributed by atoms with Crippen molar-refractivity contribution in [2.45, 2.75) is 31.2 Å². The number of hydrogen-bond acceptors (Lipinski definition) is 2. The van der Waals surface area contributed by atoms with Gasteiger partial charge >= 0.3 is 0 Å². The molecular formula is C7H14F2N2. The van der Waals surface area contributed by atoms with Crippen molar-refractivity contribution in [2.75, 3.05) is 13.1 Å². The molecule has 3 N–H and O–H groups in total. The third kappa shape index (κ3) is 2.71. The third-order valence-electron chi connectivity index (χ3n) is 1.98. The van der Waals surface area contributed by atoms with E-state index in [0.717, 1.165) is 0 Å². The minimum atomic E-state index is -2.44. The highest BCUT2D eigenvalue weighted by Crippen LogP contribution is 2.34. The van der Waals surface area contributed by atoms with Crippen molar-refractivity contribution in [1.29, 1.82) is 0 Å². The van der Waals surface area contributed by atoms with E-state index >= 15 is 0 Å². The van der Waals surface area contributed by atoms with Gasteiger partial charge < -0.3 is 11.1 Å². The zero-order valence-electron chi connectivity index (χ0n) is 6.45. The number of rotatable bonds is 3. The minimum absolute atomic E-state index is 0.0199. The molecule has 1 unspecified atom stereocenters. The van der Waals surface area contributed by atoms with Crippen LogP contribution in [0.5, 0.6) is 0 Å². The van der Waals surface area contributed by atoms with Crippen molar-refractivity contribution in [3.8, 4) is 0 Å². The Labute approximate surface area is 65.1 Å². The lowest BCUT2D eigenvalue weighted by Gasteiger charge is -2.11. The van der Waals surface area contributed by atoms with Crippen molar-refractivity contribution < 1.29 is 8.78 Å². The summed E-state index contributed by atoms with van der Waals surface area (Å²) in [5, 5.41) is 2.98. The molecule has 1 aliphatic carbocycles. The highest BCUT2D eigenvalue weighted by atomic mass is 19.3. The molecule has 1 fully saturated rings. The average molecular weight is 164 g/mol. The molecule has 1 saturated carbocycles. The lowest BCUT2D eigenvalue weighted by atomic mass is 10.2. The van der Waals surface area contributed by atoms with Crippen molar-refractivity contribution in [1.82, 2.24) is 5.32 Å². The van der Waals surface area contributed by atoms with Crippen molar-refractivity contribution in [3.63, 3.8) is 0 Å². The van der Waals surface area contributed by atoms with E-state index in [0.29, 0.717) is 19.5 Å². The summed E-state index contributed by atoms with van der Waals surface area (Å²) in [6.45, 7) is 1.16. The molecular weight excluding hydrogens is 150 g/mol. The maximum absolute atomic E-state index is 12.6. The standard InChI is InChI=1S/C7H14F2N2/c8-7(9)2-1-6(5-7)11-4-3-10/h6,11H,1-5,10H2. The minimum Gasteiger partial charge on any atom is -0.329 e. The molecule has 0 spiro atoms. The van der Waals surface area contributed by atoms with Crippen LogP contribution in [0.25, 0.3) is 0 Å². The number of nitrogens with two attached hydrogens (primary N) is 1. The third-order valence-corrected chi connectivity index (χ3v) is 1.98. The van der Waals surface area contributed by atoms with Gasteiger partial charge in [0.1, 0.15) is 0 Å². The second kappa shape index (κ2) is 3.45. The smallest absolute Gasteiger partial charge is 0.249 e. The molecule has 4 heteroatoms. The first-order valence-corrected chi connectivity index (χ1v) is 3.95. The number of nitrogens with one attached hydrogen (secondary N) is 1. The predicted octanol–water partition coefficient (Wildman–Crippen LogP) is 0.722. The lowest BCUT2D eigenvalue weighted by molar-refractivity contribution is 0.00697. The molecule has 0 radical (unpaired) electrons. The Balaban J connectivity index is 2.20. The Morgan fingerprint density at radius 1 is 1.55 bits per heavy atom. The molecule has 1 rings (SSSR count). The molecule has 11 heavy (non-hydrogen) atoms. The normalized spacial score (nSPS) is 29.2. The van der Waals surface area contributed by atoms with Crippen LogP contribution in [0, 0.1) is 0 Å². The van der Waals surface area contributed by atoms with Crippen molar-refractivity contribution in [2.24, 2.45) is 5.73 Å². The van der Waals surface area contributed by atoms with Crippen LogP contribution in [0.2, 0.25) is 0 Å². The van der Waals surface area contributed by atoms with Crippen LogP contribution in [0.3, 0.4) is 0 Å². The largest absolute Gasteiger partial charge is 0.329 e. The molecule has 2 nitrogen and oxygen atoms in total. The molecule has 0 aliphatic heterocycles. The van der Waals surface area contributed by atoms with Gasteiger partial charge in [0.15, 0.2) is 0 Å². The molecule has 0 aromatic heterocycles. The van der Waals surface area contributed by atoms with Gasteiger partial charge in [0, 0.05) is 32.0 Å². The first-order valence-electron chi connectivity index (χ1n) is 3.95. The van der Waals surface area contributed by atoms with E-state index in [9.17, 15) is 8.78 Å². The van der Waals surface area contributed by atoms with Crippen LogP contribution in [0.15, 0.2) is 0 Å². The first-order chi connectivity index (χ1) is 5.14. The maximum atomic E-state index is 12.6. The summed E-state index contributed by atoms with van der Waals surface area (Å²) in [6, 6.07) is -0.0199. The van der Waals surface area contributed by atoms with Crippen LogP contribution in [0.1, 0.15) is 19.3 Å². The summed E-state index contributed by atoms with van der Waals surface area (Å²) in [5.41, 5.74) is 5.22. The molecule has 1 aliphatic rings. The summed E-state index contributed by atoms with van der Waals surface area (Å²) >= 11 is 0. The molecule has 1 atom stereocenters. The predicted molar refractivity (Wildman–Crippen MR) is 39.6 cm³/mol. The van der Waals surface area contributed by atoms with Crippen LogP contribution in [0.4, 0.5) is 8.78 Å². The molecule has 0 aromatic rings. The van der Waals surface area contributed by atoms with E-state index in [2.05, 4.69) is 5.32 Å². The summed E-state index contributed by atoms with van der Waals surface area (Å²) in [7, 11) is 0. The van der Waals surface area contributed by atoms with Crippen LogP contribution in [-0.2, 0) is 0 Å². The quantitative estimate of drug-likeness (QED) is 0.645. The summed E-state index contributed by atoms with van der Waals surface area (Å²) in [4.78, 5) is 0. The fraction of sp³-hybridized carbons (Fsp3) is 1.00. The fourth-order valence-electron chi connectivity index (χ4n) is 1.41. The highest BCUT2D eigenvalue weighted by Gasteiger charge is 2.38. The SMILES string of the molecule is NCCNC1CCC(F)(F)C1. The molecule has 66 valence electrons. The molecule has 0 bridgehead atoms. The Bertz CT molecular complexity index is 128. The van der Waals surface area contributed by atoms with Crippen molar-refractivity contribution in [3.05, 3.63) is 0 Å². The van der Waals surface area contributed by atoms with Gasteiger partial charge in [-0.25, -0.2) is 8.78 Å². The monoisotopic (exact) mass is 164 g/mol. The highest BCUT2D eigenvalue weighted by molar-refractivity contribution is 4.85. The number of alkyl halides is 2. The number of halogens is 2. The van der Waals surface area contributed by atoms with Gasteiger partial charge in [-0.05, 0) is 6.42 Å². The number of hydrogen-bond donors (Lipinski definition) is 2. The molecule has 0 saturated heterocycles. The van der Waals surface area contributed by atoms with Gasteiger partial charge in [0.2, 0.25) is 5.92 Å². The summed E-state index contributed by atoms with van der Waals surface area (Å²) < 4.78 is 25.1. The van der Waals surface area contributed by atoms with Gasteiger partial charge in [0.25, 0.3) is 0 Å². The maximum Gasteiger partial charge on any atom is 0.249 e. The van der Waals surface area contributed by atoms with E-state index in [1.807, 2.05) is 0 Å². The van der Waals surface area contributed by atoms with E-state index in [-0.39, 0.29) is 18.9 Å². The second-order valence-corrected chi connectivity index (χ2v) is 3.04. The molecule has 0 aromatic carbocycles. The van der Waals surface area contributed by atoms with Crippen LogP contribution in [-0.4, -0.2) is 25.1 Å². The zero-order valence-corrected chi connectivity index (χ0v) is 6.45. The molecule has 0 amide bonds. The second-order valence-electron chi connectivity index (χ2n) is 3.04. The van der Waals surface area contributed by atoms with Crippen LogP contribution < -0.4 is 11.1 Å². The summed E-state index contributed by atoms with van der Waals surface area (Å²) in [6.07, 6.45) is 0.579. The average Bonchev–Trinajstić information content (AvgIpc) is 2.26. The Kier molecular flexibility index (Phi) is 2.78. The van der Waals surface area contributed by atoms with Gasteiger partial charge in [0.05, 0.1) is 0 Å². The fourth-order valence-corrected chi connectivity index (χ4v) is 1.41. The van der Waals surface area contributed by atoms with Gasteiger partial charge in [-0.2, -0.15) is 0 Å². The lowest BCUT2D eigenvalue weighted by Crippen LogP contribution is -2.32. The Morgan fingerprint density at radius 2 is 2.27 bits per heavy atom. The Morgan fingerprint density at radius 3 is 2.73 bits per heavy atom. The van der Waals surface area contributed by atoms with E-state index < -0.39 is 5.92 Å². The first kappa shape index (κ1) is 8.87. The summed E-state index contributed by atoms with van der Waals surface area (Å²) in [5.74, 6) is -2.44. The zero-order chi connectivity index (χ0) is 8.32. The Hall–Kier alpha value is -0.220. The van der Waals surface area contributed by atoms with Gasteiger partial charge in [-0.3, -0.25) is 0 Å². The van der Waals surface area contributed by atoms with Gasteiger partial charge in [-0.1, -0.05) is 0 Å². The van der Waals surface area contributed by atoms with E-state index in [4.69, 9.17) is 5.73 Å². The molecule has 0 heterocycles. The topological polar surface area (TPSA) is 38.0 Å². The van der Waals surface area contributed by atoms with Crippen LogP contribution >= 0.6 is 0 Å². The van der Waals surface area contributed by atoms with E-state index in [1.54, 1.807) is 0 Å². The van der Waals surface area contributed by atoms with Crippen molar-refractivity contribution >= 4 is 0 Å².